The number of aryl methyl sites for hydroxylation is 1. The van der Waals surface area contributed by atoms with Crippen molar-refractivity contribution in [2.24, 2.45) is 0 Å². The molecule has 2 nitrogen and oxygen atoms in total. The number of pyridine rings is 1. The van der Waals surface area contributed by atoms with Gasteiger partial charge in [-0.2, -0.15) is 4.57 Å². The molecule has 1 aromatic carbocycles. The number of aromatic nitrogens is 1. The van der Waals surface area contributed by atoms with Crippen molar-refractivity contribution in [3.8, 4) is 0 Å². The normalized spacial score (nSPS) is 9.95. The fourth-order valence-corrected chi connectivity index (χ4v) is 2.11. The Labute approximate surface area is 139 Å². The summed E-state index contributed by atoms with van der Waals surface area (Å²) >= 11 is 11.8. The zero-order valence-corrected chi connectivity index (χ0v) is 14.0. The van der Waals surface area contributed by atoms with Crippen LogP contribution in [0, 0.1) is 0 Å². The molecule has 0 bridgehead atoms. The number of carbonyl (C=O) groups is 1. The summed E-state index contributed by atoms with van der Waals surface area (Å²) in [6, 6.07) is 8.93. The number of carbonyl (C=O) groups excluding carboxylic acids is 1. The maximum absolute atomic E-state index is 12.2. The predicted molar refractivity (Wildman–Crippen MR) is 76.8 cm³/mol. The summed E-state index contributed by atoms with van der Waals surface area (Å²) < 4.78 is 1.88. The van der Waals surface area contributed by atoms with Crippen LogP contribution < -0.4 is 21.5 Å². The molecule has 1 aromatic heterocycles. The lowest BCUT2D eigenvalue weighted by molar-refractivity contribution is -0.683. The van der Waals surface area contributed by atoms with Gasteiger partial charge in [-0.25, -0.2) is 0 Å². The summed E-state index contributed by atoms with van der Waals surface area (Å²) in [5, 5.41) is 0.860. The molecule has 2 rings (SSSR count). The van der Waals surface area contributed by atoms with Crippen LogP contribution in [0.3, 0.4) is 0 Å². The van der Waals surface area contributed by atoms with Gasteiger partial charge >= 0.3 is 0 Å². The number of hydrogen-bond acceptors (Lipinski definition) is 1. The second-order valence-electron chi connectivity index (χ2n) is 4.29. The van der Waals surface area contributed by atoms with Crippen LogP contribution in [0.1, 0.15) is 22.8 Å². The van der Waals surface area contributed by atoms with E-state index in [-0.39, 0.29) is 22.8 Å². The highest BCUT2D eigenvalue weighted by Gasteiger charge is 2.13. The molecule has 20 heavy (non-hydrogen) atoms. The third kappa shape index (κ3) is 4.30. The van der Waals surface area contributed by atoms with Gasteiger partial charge in [-0.3, -0.25) is 4.79 Å². The summed E-state index contributed by atoms with van der Waals surface area (Å²) in [5.41, 5.74) is 1.77. The molecule has 0 aliphatic heterocycles. The lowest BCUT2D eigenvalue weighted by Crippen LogP contribution is -3.00. The molecule has 0 N–H and O–H groups in total. The van der Waals surface area contributed by atoms with Crippen molar-refractivity contribution in [1.29, 1.82) is 0 Å². The molecular formula is C15H14BrCl2NO. The second-order valence-corrected chi connectivity index (χ2v) is 5.10. The van der Waals surface area contributed by atoms with Crippen molar-refractivity contribution >= 4 is 29.0 Å². The van der Waals surface area contributed by atoms with E-state index in [2.05, 4.69) is 6.92 Å². The first kappa shape index (κ1) is 17.2. The van der Waals surface area contributed by atoms with E-state index in [0.29, 0.717) is 22.2 Å². The number of rotatable bonds is 4. The zero-order valence-electron chi connectivity index (χ0n) is 10.9. The van der Waals surface area contributed by atoms with Gasteiger partial charge in [-0.05, 0) is 30.7 Å². The van der Waals surface area contributed by atoms with Crippen LogP contribution >= 0.6 is 23.2 Å². The van der Waals surface area contributed by atoms with E-state index in [0.717, 1.165) is 6.42 Å². The Morgan fingerprint density at radius 1 is 1.20 bits per heavy atom. The lowest BCUT2D eigenvalue weighted by atomic mass is 10.1. The van der Waals surface area contributed by atoms with Crippen LogP contribution in [0.2, 0.25) is 10.0 Å². The maximum Gasteiger partial charge on any atom is 0.227 e. The Kier molecular flexibility index (Phi) is 6.66. The van der Waals surface area contributed by atoms with E-state index in [9.17, 15) is 4.79 Å². The van der Waals surface area contributed by atoms with E-state index < -0.39 is 0 Å². The first-order valence-electron chi connectivity index (χ1n) is 6.06. The van der Waals surface area contributed by atoms with Gasteiger partial charge in [0.1, 0.15) is 0 Å². The molecule has 0 atom stereocenters. The van der Waals surface area contributed by atoms with Crippen molar-refractivity contribution in [1.82, 2.24) is 0 Å². The molecule has 2 aromatic rings. The van der Waals surface area contributed by atoms with Crippen LogP contribution in [0.25, 0.3) is 0 Å². The van der Waals surface area contributed by atoms with Crippen molar-refractivity contribution in [3.05, 3.63) is 63.9 Å². The monoisotopic (exact) mass is 373 g/mol. The molecular weight excluding hydrogens is 361 g/mol. The minimum absolute atomic E-state index is 0. The van der Waals surface area contributed by atoms with Crippen molar-refractivity contribution in [2.45, 2.75) is 19.9 Å². The standard InChI is InChI=1S/C15H14Cl2NO.BrH/c1-2-11-4-3-7-18(9-11)10-15(19)12-5-6-13(16)14(17)8-12;/h3-9H,2,10H2,1H3;1H/q+1;/p-1. The molecule has 0 unspecified atom stereocenters. The fraction of sp³-hybridized carbons (Fsp3) is 0.200. The first-order chi connectivity index (χ1) is 9.10. The Balaban J connectivity index is 0.00000200. The topological polar surface area (TPSA) is 20.9 Å². The van der Waals surface area contributed by atoms with Crippen LogP contribution in [-0.4, -0.2) is 5.78 Å². The maximum atomic E-state index is 12.2. The third-order valence-electron chi connectivity index (χ3n) is 2.90. The average molecular weight is 375 g/mol. The van der Waals surface area contributed by atoms with Crippen LogP contribution in [-0.2, 0) is 13.0 Å². The zero-order chi connectivity index (χ0) is 13.8. The van der Waals surface area contributed by atoms with Gasteiger partial charge in [0.25, 0.3) is 0 Å². The average Bonchev–Trinajstić information content (AvgIpc) is 2.42. The molecule has 106 valence electrons. The molecule has 0 spiro atoms. The van der Waals surface area contributed by atoms with E-state index in [4.69, 9.17) is 23.2 Å². The van der Waals surface area contributed by atoms with E-state index in [1.54, 1.807) is 18.2 Å². The number of halogens is 3. The molecule has 1 heterocycles. The van der Waals surface area contributed by atoms with E-state index in [1.807, 2.05) is 29.1 Å². The van der Waals surface area contributed by atoms with Crippen molar-refractivity contribution in [2.75, 3.05) is 0 Å². The van der Waals surface area contributed by atoms with Gasteiger partial charge in [0.15, 0.2) is 12.4 Å². The Bertz CT molecular complexity index is 617. The number of Topliss-reactive ketones (excluding diaryl/α,β-unsaturated/α-hetero) is 1. The van der Waals surface area contributed by atoms with Crippen LogP contribution in [0.4, 0.5) is 0 Å². The Morgan fingerprint density at radius 2 is 1.95 bits per heavy atom. The van der Waals surface area contributed by atoms with Gasteiger partial charge in [0.2, 0.25) is 12.3 Å². The van der Waals surface area contributed by atoms with Crippen LogP contribution in [0.5, 0.6) is 0 Å². The number of benzene rings is 1. The highest BCUT2D eigenvalue weighted by Crippen LogP contribution is 2.22. The molecule has 0 saturated heterocycles. The molecule has 0 saturated carbocycles. The van der Waals surface area contributed by atoms with Gasteiger partial charge in [-0.1, -0.05) is 30.1 Å². The summed E-state index contributed by atoms with van der Waals surface area (Å²) in [5.74, 6) is 0.0109. The van der Waals surface area contributed by atoms with Gasteiger partial charge < -0.3 is 17.0 Å². The van der Waals surface area contributed by atoms with Gasteiger partial charge in [-0.15, -0.1) is 0 Å². The van der Waals surface area contributed by atoms with Crippen molar-refractivity contribution < 1.29 is 26.3 Å². The second kappa shape index (κ2) is 7.77. The number of nitrogens with zero attached hydrogens (tertiary/aromatic N) is 1. The van der Waals surface area contributed by atoms with Gasteiger partial charge in [0, 0.05) is 17.2 Å². The summed E-state index contributed by atoms with van der Waals surface area (Å²) in [4.78, 5) is 12.2. The van der Waals surface area contributed by atoms with Crippen molar-refractivity contribution in [3.63, 3.8) is 0 Å². The molecule has 0 aliphatic carbocycles. The minimum Gasteiger partial charge on any atom is -1.00 e. The predicted octanol–water partition coefficient (Wildman–Crippen LogP) is 0.730. The summed E-state index contributed by atoms with van der Waals surface area (Å²) in [6.07, 6.45) is 4.81. The van der Waals surface area contributed by atoms with Gasteiger partial charge in [0.05, 0.1) is 10.0 Å². The summed E-state index contributed by atoms with van der Waals surface area (Å²) in [6.45, 7) is 2.38. The number of ketones is 1. The SMILES string of the molecule is CCc1ccc[n+](CC(=O)c2ccc(Cl)c(Cl)c2)c1.[Br-]. The Morgan fingerprint density at radius 3 is 2.60 bits per heavy atom. The largest absolute Gasteiger partial charge is 1.00 e. The summed E-state index contributed by atoms with van der Waals surface area (Å²) in [7, 11) is 0. The number of hydrogen-bond donors (Lipinski definition) is 0. The molecule has 5 heteroatoms. The quantitative estimate of drug-likeness (QED) is 0.571. The molecule has 0 aliphatic rings. The highest BCUT2D eigenvalue weighted by molar-refractivity contribution is 6.42. The highest BCUT2D eigenvalue weighted by atomic mass is 79.9. The minimum atomic E-state index is 0. The molecule has 0 amide bonds. The van der Waals surface area contributed by atoms with Crippen LogP contribution in [0.15, 0.2) is 42.7 Å². The molecule has 0 fully saturated rings. The fourth-order valence-electron chi connectivity index (χ4n) is 1.81. The molecule has 0 radical (unpaired) electrons. The van der Waals surface area contributed by atoms with E-state index >= 15 is 0 Å². The Hall–Kier alpha value is -0.900. The van der Waals surface area contributed by atoms with E-state index in [1.165, 1.54) is 5.56 Å². The third-order valence-corrected chi connectivity index (χ3v) is 3.63. The smallest absolute Gasteiger partial charge is 0.227 e. The first-order valence-corrected chi connectivity index (χ1v) is 6.82. The lowest BCUT2D eigenvalue weighted by Gasteiger charge is -2.01.